The van der Waals surface area contributed by atoms with Crippen molar-refractivity contribution in [2.45, 2.75) is 66.3 Å². The van der Waals surface area contributed by atoms with E-state index in [-0.39, 0.29) is 11.0 Å². The Morgan fingerprint density at radius 3 is 2.25 bits per heavy atom. The Morgan fingerprint density at radius 2 is 1.85 bits per heavy atom. The lowest BCUT2D eigenvalue weighted by molar-refractivity contribution is 0.437. The number of nitrogens with one attached hydrogen (secondary N) is 1. The first kappa shape index (κ1) is 17.4. The molecule has 0 saturated carbocycles. The van der Waals surface area contributed by atoms with Crippen molar-refractivity contribution in [2.24, 2.45) is 5.92 Å². The van der Waals surface area contributed by atoms with Gasteiger partial charge in [-0.2, -0.15) is 0 Å². The monoisotopic (exact) mass is 294 g/mol. The van der Waals surface area contributed by atoms with Gasteiger partial charge < -0.3 is 5.32 Å². The number of hydrogen-bond acceptors (Lipinski definition) is 3. The summed E-state index contributed by atoms with van der Waals surface area (Å²) < 4.78 is 0. The smallest absolute Gasteiger partial charge is 0.0985 e. The van der Waals surface area contributed by atoms with Crippen LogP contribution in [0.3, 0.4) is 0 Å². The highest BCUT2D eigenvalue weighted by molar-refractivity contribution is 7.09. The minimum Gasteiger partial charge on any atom is -0.308 e. The van der Waals surface area contributed by atoms with Gasteiger partial charge in [-0.25, -0.2) is 4.98 Å². The minimum atomic E-state index is 0.137. The molecule has 0 unspecified atom stereocenters. The van der Waals surface area contributed by atoms with E-state index in [2.05, 4.69) is 72.2 Å². The maximum atomic E-state index is 4.76. The van der Waals surface area contributed by atoms with Gasteiger partial charge in [0.05, 0.1) is 10.7 Å². The predicted octanol–water partition coefficient (Wildman–Crippen LogP) is 4.87. The van der Waals surface area contributed by atoms with Crippen molar-refractivity contribution < 1.29 is 0 Å². The second-order valence-electron chi connectivity index (χ2n) is 7.81. The maximum absolute atomic E-state index is 4.76. The normalized spacial score (nSPS) is 14.2. The molecule has 0 bridgehead atoms. The molecule has 1 rings (SSSR count). The second-order valence-corrected chi connectivity index (χ2v) is 8.66. The van der Waals surface area contributed by atoms with Crippen LogP contribution >= 0.6 is 11.3 Å². The highest BCUT2D eigenvalue weighted by atomic mass is 32.1. The summed E-state index contributed by atoms with van der Waals surface area (Å²) in [6, 6.07) is 0. The number of rotatable bonds is 4. The van der Waals surface area contributed by atoms with E-state index in [0.717, 1.165) is 12.2 Å². The molecule has 0 amide bonds. The Kier molecular flexibility index (Phi) is 5.56. The van der Waals surface area contributed by atoms with Gasteiger partial charge in [0.1, 0.15) is 0 Å². The van der Waals surface area contributed by atoms with Crippen molar-refractivity contribution >= 4 is 17.4 Å². The zero-order valence-corrected chi connectivity index (χ0v) is 15.1. The van der Waals surface area contributed by atoms with E-state index < -0.39 is 0 Å². The Morgan fingerprint density at radius 1 is 1.25 bits per heavy atom. The Balaban J connectivity index is 2.89. The van der Waals surface area contributed by atoms with Gasteiger partial charge in [-0.3, -0.25) is 0 Å². The van der Waals surface area contributed by atoms with Crippen LogP contribution in [-0.2, 0) is 5.41 Å². The van der Waals surface area contributed by atoms with Crippen molar-refractivity contribution in [3.8, 4) is 0 Å². The molecule has 1 heterocycles. The average molecular weight is 295 g/mol. The molecule has 1 aromatic heterocycles. The largest absolute Gasteiger partial charge is 0.308 e. The zero-order chi connectivity index (χ0) is 15.6. The summed E-state index contributed by atoms with van der Waals surface area (Å²) >= 11 is 1.76. The molecule has 0 aliphatic heterocycles. The van der Waals surface area contributed by atoms with Crippen LogP contribution in [0.25, 0.3) is 6.08 Å². The van der Waals surface area contributed by atoms with Crippen LogP contribution in [0.5, 0.6) is 0 Å². The van der Waals surface area contributed by atoms with Gasteiger partial charge in [-0.1, -0.05) is 40.2 Å². The summed E-state index contributed by atoms with van der Waals surface area (Å²) in [6.07, 6.45) is 2.25. The van der Waals surface area contributed by atoms with E-state index >= 15 is 0 Å². The molecule has 1 aromatic rings. The molecular formula is C17H30N2S. The summed E-state index contributed by atoms with van der Waals surface area (Å²) in [5, 5.41) is 6.94. The lowest BCUT2D eigenvalue weighted by atomic mass is 9.98. The van der Waals surface area contributed by atoms with E-state index in [1.807, 2.05) is 0 Å². The number of thiazole rings is 1. The number of aromatic nitrogens is 1. The van der Waals surface area contributed by atoms with Crippen molar-refractivity contribution in [3.63, 3.8) is 0 Å². The van der Waals surface area contributed by atoms with E-state index in [0.29, 0.717) is 5.92 Å². The van der Waals surface area contributed by atoms with E-state index in [1.54, 1.807) is 11.3 Å². The van der Waals surface area contributed by atoms with Crippen LogP contribution in [-0.4, -0.2) is 17.1 Å². The lowest BCUT2D eigenvalue weighted by Gasteiger charge is -2.23. The Hall–Kier alpha value is -0.670. The van der Waals surface area contributed by atoms with E-state index in [9.17, 15) is 0 Å². The van der Waals surface area contributed by atoms with Crippen molar-refractivity contribution in [2.75, 3.05) is 6.54 Å². The van der Waals surface area contributed by atoms with Crippen LogP contribution in [0, 0.1) is 5.92 Å². The van der Waals surface area contributed by atoms with Crippen molar-refractivity contribution in [1.29, 1.82) is 0 Å². The molecule has 0 saturated heterocycles. The third-order valence-corrected chi connectivity index (χ3v) is 4.35. The van der Waals surface area contributed by atoms with Gasteiger partial charge in [-0.15, -0.1) is 11.3 Å². The molecule has 2 nitrogen and oxygen atoms in total. The van der Waals surface area contributed by atoms with Crippen LogP contribution < -0.4 is 5.32 Å². The first-order chi connectivity index (χ1) is 8.99. The van der Waals surface area contributed by atoms with Gasteiger partial charge in [-0.05, 0) is 32.8 Å². The lowest BCUT2D eigenvalue weighted by Crippen LogP contribution is -2.37. The summed E-state index contributed by atoms with van der Waals surface area (Å²) in [7, 11) is 0. The summed E-state index contributed by atoms with van der Waals surface area (Å²) in [4.78, 5) is 4.76. The Bertz CT molecular complexity index is 456. The molecule has 0 aromatic carbocycles. The van der Waals surface area contributed by atoms with Gasteiger partial charge in [0.15, 0.2) is 0 Å². The van der Waals surface area contributed by atoms with Crippen molar-refractivity contribution in [3.05, 3.63) is 21.7 Å². The number of nitrogens with zero attached hydrogens (tertiary/aromatic N) is 1. The SMILES string of the molecule is CC(C)C(=Cc1csc(C(C)(C)C)n1)CNC(C)(C)C. The molecule has 0 radical (unpaired) electrons. The molecule has 0 fully saturated rings. The van der Waals surface area contributed by atoms with E-state index in [4.69, 9.17) is 4.98 Å². The van der Waals surface area contributed by atoms with Gasteiger partial charge in [0, 0.05) is 22.9 Å². The highest BCUT2D eigenvalue weighted by Crippen LogP contribution is 2.27. The summed E-state index contributed by atoms with van der Waals surface area (Å²) in [5.74, 6) is 0.532. The quantitative estimate of drug-likeness (QED) is 0.857. The summed E-state index contributed by atoms with van der Waals surface area (Å²) in [5.41, 5.74) is 2.79. The number of hydrogen-bond donors (Lipinski definition) is 1. The molecule has 0 spiro atoms. The maximum Gasteiger partial charge on any atom is 0.0985 e. The second kappa shape index (κ2) is 6.40. The van der Waals surface area contributed by atoms with Gasteiger partial charge in [0.25, 0.3) is 0 Å². The fraction of sp³-hybridized carbons (Fsp3) is 0.706. The van der Waals surface area contributed by atoms with Gasteiger partial charge >= 0.3 is 0 Å². The zero-order valence-electron chi connectivity index (χ0n) is 14.3. The fourth-order valence-corrected chi connectivity index (χ4v) is 2.54. The third-order valence-electron chi connectivity index (χ3n) is 3.06. The molecular weight excluding hydrogens is 264 g/mol. The van der Waals surface area contributed by atoms with Crippen LogP contribution in [0.4, 0.5) is 0 Å². The van der Waals surface area contributed by atoms with Crippen LogP contribution in [0.2, 0.25) is 0 Å². The van der Waals surface area contributed by atoms with Crippen molar-refractivity contribution in [1.82, 2.24) is 10.3 Å². The predicted molar refractivity (Wildman–Crippen MR) is 91.4 cm³/mol. The molecule has 3 heteroatoms. The van der Waals surface area contributed by atoms with Gasteiger partial charge in [0.2, 0.25) is 0 Å². The molecule has 114 valence electrons. The van der Waals surface area contributed by atoms with E-state index in [1.165, 1.54) is 10.6 Å². The molecule has 0 aliphatic carbocycles. The molecule has 0 aliphatic rings. The van der Waals surface area contributed by atoms with Crippen LogP contribution in [0.1, 0.15) is 66.1 Å². The minimum absolute atomic E-state index is 0.137. The molecule has 0 atom stereocenters. The average Bonchev–Trinajstić information content (AvgIpc) is 2.70. The Labute approximate surface area is 128 Å². The highest BCUT2D eigenvalue weighted by Gasteiger charge is 2.18. The standard InChI is InChI=1S/C17H30N2S/c1-12(2)13(10-18-17(6,7)8)9-14-11-20-15(19-14)16(3,4)5/h9,11-12,18H,10H2,1-8H3. The molecule has 20 heavy (non-hydrogen) atoms. The summed E-state index contributed by atoms with van der Waals surface area (Å²) in [6.45, 7) is 18.6. The topological polar surface area (TPSA) is 24.9 Å². The third kappa shape index (κ3) is 5.76. The van der Waals surface area contributed by atoms with Crippen LogP contribution in [0.15, 0.2) is 11.0 Å². The molecule has 1 N–H and O–H groups in total. The first-order valence-electron chi connectivity index (χ1n) is 7.40. The first-order valence-corrected chi connectivity index (χ1v) is 8.28. The fourth-order valence-electron chi connectivity index (χ4n) is 1.68.